The number of aromatic nitrogens is 2. The van der Waals surface area contributed by atoms with E-state index in [2.05, 4.69) is 9.97 Å². The average Bonchev–Trinajstić information content (AvgIpc) is 2.55. The number of rotatable bonds is 4. The van der Waals surface area contributed by atoms with Crippen molar-refractivity contribution in [2.24, 2.45) is 0 Å². The molecule has 1 aromatic carbocycles. The molecule has 0 radical (unpaired) electrons. The molecule has 0 amide bonds. The van der Waals surface area contributed by atoms with Gasteiger partial charge in [0, 0.05) is 23.2 Å². The van der Waals surface area contributed by atoms with Crippen LogP contribution in [0.1, 0.15) is 22.5 Å². The Labute approximate surface area is 124 Å². The standard InChI is InChI=1S/C16H10F2N2O2/c17-16(18)11-2-6-15(19-8-11)22-13-4-5-14-10(7-13)1-3-12(9-21)20-14/h1-9,16H. The van der Waals surface area contributed by atoms with Gasteiger partial charge in [-0.3, -0.25) is 4.79 Å². The number of aldehydes is 1. The van der Waals surface area contributed by atoms with Gasteiger partial charge in [-0.2, -0.15) is 0 Å². The normalized spacial score (nSPS) is 10.9. The van der Waals surface area contributed by atoms with Crippen LogP contribution >= 0.6 is 0 Å². The van der Waals surface area contributed by atoms with E-state index in [1.54, 1.807) is 30.3 Å². The number of carbonyl (C=O) groups is 1. The van der Waals surface area contributed by atoms with Crippen molar-refractivity contribution < 1.29 is 18.3 Å². The highest BCUT2D eigenvalue weighted by atomic mass is 19.3. The van der Waals surface area contributed by atoms with Crippen molar-refractivity contribution in [3.05, 3.63) is 59.9 Å². The Kier molecular flexibility index (Phi) is 3.74. The molecule has 0 unspecified atom stereocenters. The topological polar surface area (TPSA) is 52.1 Å². The van der Waals surface area contributed by atoms with Crippen LogP contribution in [-0.2, 0) is 0 Å². The van der Waals surface area contributed by atoms with Gasteiger partial charge in [0.1, 0.15) is 11.4 Å². The summed E-state index contributed by atoms with van der Waals surface area (Å²) in [4.78, 5) is 18.7. The van der Waals surface area contributed by atoms with Crippen LogP contribution in [-0.4, -0.2) is 16.3 Å². The van der Waals surface area contributed by atoms with Gasteiger partial charge in [-0.05, 0) is 30.3 Å². The molecule has 3 aromatic rings. The van der Waals surface area contributed by atoms with Crippen molar-refractivity contribution in [1.29, 1.82) is 0 Å². The summed E-state index contributed by atoms with van der Waals surface area (Å²) in [5, 5.41) is 0.798. The molecule has 22 heavy (non-hydrogen) atoms. The quantitative estimate of drug-likeness (QED) is 0.678. The first kappa shape index (κ1) is 14.1. The Bertz CT molecular complexity index is 820. The fraction of sp³-hybridized carbons (Fsp3) is 0.0625. The minimum absolute atomic E-state index is 0.156. The number of hydrogen-bond donors (Lipinski definition) is 0. The van der Waals surface area contributed by atoms with Crippen LogP contribution in [0.3, 0.4) is 0 Å². The lowest BCUT2D eigenvalue weighted by molar-refractivity contribution is 0.111. The van der Waals surface area contributed by atoms with Gasteiger partial charge in [-0.25, -0.2) is 18.7 Å². The molecule has 2 aromatic heterocycles. The predicted octanol–water partition coefficient (Wildman–Crippen LogP) is 4.17. The molecule has 0 fully saturated rings. The van der Waals surface area contributed by atoms with Crippen molar-refractivity contribution in [1.82, 2.24) is 9.97 Å². The third kappa shape index (κ3) is 2.90. The fourth-order valence-electron chi connectivity index (χ4n) is 1.95. The molecule has 0 aliphatic carbocycles. The van der Waals surface area contributed by atoms with E-state index in [1.165, 1.54) is 12.1 Å². The smallest absolute Gasteiger partial charge is 0.265 e. The van der Waals surface area contributed by atoms with E-state index in [0.717, 1.165) is 11.6 Å². The van der Waals surface area contributed by atoms with Gasteiger partial charge in [-0.1, -0.05) is 6.07 Å². The molecule has 6 heteroatoms. The van der Waals surface area contributed by atoms with Crippen LogP contribution < -0.4 is 4.74 Å². The molecule has 0 spiro atoms. The lowest BCUT2D eigenvalue weighted by atomic mass is 10.2. The summed E-state index contributed by atoms with van der Waals surface area (Å²) in [7, 11) is 0. The van der Waals surface area contributed by atoms with E-state index in [4.69, 9.17) is 4.74 Å². The summed E-state index contributed by atoms with van der Waals surface area (Å²) < 4.78 is 30.4. The van der Waals surface area contributed by atoms with Gasteiger partial charge in [0.05, 0.1) is 5.52 Å². The largest absolute Gasteiger partial charge is 0.439 e. The molecular weight excluding hydrogens is 290 g/mol. The van der Waals surface area contributed by atoms with Crippen LogP contribution in [0.15, 0.2) is 48.7 Å². The highest BCUT2D eigenvalue weighted by molar-refractivity contribution is 5.84. The monoisotopic (exact) mass is 300 g/mol. The lowest BCUT2D eigenvalue weighted by Crippen LogP contribution is -1.91. The first-order chi connectivity index (χ1) is 10.7. The summed E-state index contributed by atoms with van der Waals surface area (Å²) in [6.07, 6.45) is -0.794. The minimum Gasteiger partial charge on any atom is -0.439 e. The molecule has 0 saturated carbocycles. The second-order valence-electron chi connectivity index (χ2n) is 4.54. The van der Waals surface area contributed by atoms with Gasteiger partial charge in [-0.15, -0.1) is 0 Å². The number of halogens is 2. The summed E-state index contributed by atoms with van der Waals surface area (Å²) in [5.74, 6) is 0.728. The number of carbonyl (C=O) groups excluding carboxylic acids is 1. The van der Waals surface area contributed by atoms with Crippen molar-refractivity contribution >= 4 is 17.2 Å². The first-order valence-corrected chi connectivity index (χ1v) is 6.43. The summed E-state index contributed by atoms with van der Waals surface area (Å²) >= 11 is 0. The first-order valence-electron chi connectivity index (χ1n) is 6.43. The van der Waals surface area contributed by atoms with Crippen molar-refractivity contribution in [2.45, 2.75) is 6.43 Å². The van der Waals surface area contributed by atoms with E-state index >= 15 is 0 Å². The number of benzene rings is 1. The maximum absolute atomic E-state index is 12.4. The van der Waals surface area contributed by atoms with Crippen LogP contribution in [0.5, 0.6) is 11.6 Å². The zero-order valence-electron chi connectivity index (χ0n) is 11.2. The summed E-state index contributed by atoms with van der Waals surface area (Å²) in [6, 6.07) is 11.1. The van der Waals surface area contributed by atoms with Gasteiger partial charge in [0.25, 0.3) is 6.43 Å². The predicted molar refractivity (Wildman–Crippen MR) is 76.4 cm³/mol. The third-order valence-electron chi connectivity index (χ3n) is 3.04. The molecule has 4 nitrogen and oxygen atoms in total. The Hall–Kier alpha value is -2.89. The molecular formula is C16H10F2N2O2. The number of nitrogens with zero attached hydrogens (tertiary/aromatic N) is 2. The molecule has 0 N–H and O–H groups in total. The van der Waals surface area contributed by atoms with Crippen LogP contribution in [0.25, 0.3) is 10.9 Å². The number of alkyl halides is 2. The van der Waals surface area contributed by atoms with Crippen LogP contribution in [0.4, 0.5) is 8.78 Å². The number of fused-ring (bicyclic) bond motifs is 1. The summed E-state index contributed by atoms with van der Waals surface area (Å²) in [6.45, 7) is 0. The van der Waals surface area contributed by atoms with E-state index in [-0.39, 0.29) is 11.4 Å². The molecule has 0 atom stereocenters. The van der Waals surface area contributed by atoms with Crippen LogP contribution in [0.2, 0.25) is 0 Å². The number of ether oxygens (including phenoxy) is 1. The molecule has 0 bridgehead atoms. The lowest BCUT2D eigenvalue weighted by Gasteiger charge is -2.07. The Morgan fingerprint density at radius 2 is 1.95 bits per heavy atom. The Morgan fingerprint density at radius 1 is 1.09 bits per heavy atom. The van der Waals surface area contributed by atoms with E-state index in [9.17, 15) is 13.6 Å². The maximum Gasteiger partial charge on any atom is 0.265 e. The SMILES string of the molecule is O=Cc1ccc2cc(Oc3ccc(C(F)F)cn3)ccc2n1. The van der Waals surface area contributed by atoms with Crippen molar-refractivity contribution in [3.8, 4) is 11.6 Å². The summed E-state index contributed by atoms with van der Waals surface area (Å²) in [5.41, 5.74) is 0.861. The second kappa shape index (κ2) is 5.85. The van der Waals surface area contributed by atoms with Crippen molar-refractivity contribution in [3.63, 3.8) is 0 Å². The highest BCUT2D eigenvalue weighted by Crippen LogP contribution is 2.25. The zero-order chi connectivity index (χ0) is 15.5. The van der Waals surface area contributed by atoms with Gasteiger partial charge < -0.3 is 4.74 Å². The molecule has 0 aliphatic heterocycles. The zero-order valence-corrected chi connectivity index (χ0v) is 11.2. The van der Waals surface area contributed by atoms with Crippen LogP contribution in [0, 0.1) is 0 Å². The van der Waals surface area contributed by atoms with Gasteiger partial charge >= 0.3 is 0 Å². The fourth-order valence-corrected chi connectivity index (χ4v) is 1.95. The third-order valence-corrected chi connectivity index (χ3v) is 3.04. The van der Waals surface area contributed by atoms with E-state index < -0.39 is 6.43 Å². The molecule has 110 valence electrons. The maximum atomic E-state index is 12.4. The highest BCUT2D eigenvalue weighted by Gasteiger charge is 2.08. The van der Waals surface area contributed by atoms with E-state index in [1.807, 2.05) is 0 Å². The molecule has 3 rings (SSSR count). The average molecular weight is 300 g/mol. The molecule has 0 saturated heterocycles. The molecule has 2 heterocycles. The van der Waals surface area contributed by atoms with Crippen molar-refractivity contribution in [2.75, 3.05) is 0 Å². The number of pyridine rings is 2. The Balaban J connectivity index is 1.85. The second-order valence-corrected chi connectivity index (χ2v) is 4.54. The Morgan fingerprint density at radius 3 is 2.64 bits per heavy atom. The molecule has 0 aliphatic rings. The minimum atomic E-state index is -2.56. The van der Waals surface area contributed by atoms with Gasteiger partial charge in [0.15, 0.2) is 6.29 Å². The number of hydrogen-bond acceptors (Lipinski definition) is 4. The van der Waals surface area contributed by atoms with Gasteiger partial charge in [0.2, 0.25) is 5.88 Å². The van der Waals surface area contributed by atoms with E-state index in [0.29, 0.717) is 23.2 Å².